The van der Waals surface area contributed by atoms with Crippen LogP contribution in [-0.4, -0.2) is 36.5 Å². The Morgan fingerprint density at radius 2 is 2.05 bits per heavy atom. The van der Waals surface area contributed by atoms with Crippen LogP contribution in [0.3, 0.4) is 0 Å². The minimum absolute atomic E-state index is 0.0414. The van der Waals surface area contributed by atoms with Crippen molar-refractivity contribution in [2.45, 2.75) is 45.7 Å². The number of amides is 1. The summed E-state index contributed by atoms with van der Waals surface area (Å²) < 4.78 is 0. The van der Waals surface area contributed by atoms with Crippen molar-refractivity contribution < 1.29 is 4.79 Å². The fraction of sp³-hybridized carbons (Fsp3) is 0.588. The average Bonchev–Trinajstić information content (AvgIpc) is 2.54. The van der Waals surface area contributed by atoms with Crippen LogP contribution in [0.2, 0.25) is 0 Å². The predicted molar refractivity (Wildman–Crippen MR) is 87.3 cm³/mol. The van der Waals surface area contributed by atoms with Crippen LogP contribution < -0.4 is 10.6 Å². The number of para-hydroxylation sites is 1. The topological polar surface area (TPSA) is 44.4 Å². The molecule has 0 radical (unpaired) electrons. The molecule has 1 aromatic rings. The highest BCUT2D eigenvalue weighted by atomic mass is 16.2. The first-order valence-electron chi connectivity index (χ1n) is 8.09. The van der Waals surface area contributed by atoms with E-state index in [9.17, 15) is 4.79 Å². The first-order valence-corrected chi connectivity index (χ1v) is 8.09. The van der Waals surface area contributed by atoms with E-state index in [1.54, 1.807) is 0 Å². The first-order chi connectivity index (χ1) is 10.2. The summed E-state index contributed by atoms with van der Waals surface area (Å²) >= 11 is 0. The zero-order chi connectivity index (χ0) is 15.1. The molecule has 0 bridgehead atoms. The summed E-state index contributed by atoms with van der Waals surface area (Å²) in [5.41, 5.74) is 2.13. The van der Waals surface area contributed by atoms with Gasteiger partial charge in [0, 0.05) is 12.2 Å². The highest BCUT2D eigenvalue weighted by Crippen LogP contribution is 2.18. The van der Waals surface area contributed by atoms with Crippen molar-refractivity contribution in [3.05, 3.63) is 29.8 Å². The third-order valence-corrected chi connectivity index (χ3v) is 4.19. The molecule has 21 heavy (non-hydrogen) atoms. The molecular weight excluding hydrogens is 262 g/mol. The predicted octanol–water partition coefficient (Wildman–Crippen LogP) is 2.61. The number of nitrogens with one attached hydrogen (secondary N) is 2. The molecule has 4 nitrogen and oxygen atoms in total. The second-order valence-corrected chi connectivity index (χ2v) is 5.61. The number of nitrogens with zero attached hydrogens (tertiary/aromatic N) is 1. The molecule has 0 spiro atoms. The van der Waals surface area contributed by atoms with E-state index in [0.29, 0.717) is 0 Å². The Morgan fingerprint density at radius 3 is 2.71 bits per heavy atom. The largest absolute Gasteiger partial charge is 0.324 e. The van der Waals surface area contributed by atoms with E-state index in [2.05, 4.69) is 35.4 Å². The van der Waals surface area contributed by atoms with Gasteiger partial charge in [-0.3, -0.25) is 9.69 Å². The molecule has 1 aromatic carbocycles. The van der Waals surface area contributed by atoms with Crippen molar-refractivity contribution in [2.24, 2.45) is 0 Å². The number of carbonyl (C=O) groups is 1. The van der Waals surface area contributed by atoms with Crippen LogP contribution in [0.25, 0.3) is 0 Å². The minimum atomic E-state index is -0.0414. The lowest BCUT2D eigenvalue weighted by Gasteiger charge is -2.24. The molecule has 0 saturated carbocycles. The minimum Gasteiger partial charge on any atom is -0.324 e. The van der Waals surface area contributed by atoms with Crippen LogP contribution in [-0.2, 0) is 11.3 Å². The number of hydrogen-bond donors (Lipinski definition) is 2. The standard InChI is InChI=1S/C17H27N3O/c1-3-20(4-2)13-14-9-5-6-10-15(14)19-17(21)16-11-7-8-12-18-16/h5-6,9-10,16,18H,3-4,7-8,11-13H2,1-2H3,(H,19,21)/t16-/m1/s1. The van der Waals surface area contributed by atoms with Gasteiger partial charge in [0.2, 0.25) is 5.91 Å². The highest BCUT2D eigenvalue weighted by Gasteiger charge is 2.21. The molecule has 2 N–H and O–H groups in total. The summed E-state index contributed by atoms with van der Waals surface area (Å²) in [5, 5.41) is 6.40. The maximum Gasteiger partial charge on any atom is 0.241 e. The number of benzene rings is 1. The quantitative estimate of drug-likeness (QED) is 0.846. The van der Waals surface area contributed by atoms with E-state index in [1.165, 1.54) is 12.0 Å². The highest BCUT2D eigenvalue weighted by molar-refractivity contribution is 5.95. The molecule has 1 amide bonds. The van der Waals surface area contributed by atoms with Gasteiger partial charge in [-0.2, -0.15) is 0 Å². The summed E-state index contributed by atoms with van der Waals surface area (Å²) in [7, 11) is 0. The average molecular weight is 289 g/mol. The van der Waals surface area contributed by atoms with Gasteiger partial charge in [0.15, 0.2) is 0 Å². The van der Waals surface area contributed by atoms with E-state index in [4.69, 9.17) is 0 Å². The summed E-state index contributed by atoms with van der Waals surface area (Å²) in [5.74, 6) is 0.0988. The van der Waals surface area contributed by atoms with E-state index in [0.717, 1.165) is 44.7 Å². The van der Waals surface area contributed by atoms with Crippen LogP contribution in [0.4, 0.5) is 5.69 Å². The van der Waals surface area contributed by atoms with Crippen molar-refractivity contribution in [3.63, 3.8) is 0 Å². The Labute approximate surface area is 127 Å². The molecule has 0 unspecified atom stereocenters. The fourth-order valence-corrected chi connectivity index (χ4v) is 2.76. The first kappa shape index (κ1) is 16.0. The molecular formula is C17H27N3O. The number of hydrogen-bond acceptors (Lipinski definition) is 3. The van der Waals surface area contributed by atoms with Crippen molar-refractivity contribution in [3.8, 4) is 0 Å². The molecule has 0 aromatic heterocycles. The van der Waals surface area contributed by atoms with Gasteiger partial charge in [-0.05, 0) is 44.1 Å². The SMILES string of the molecule is CCN(CC)Cc1ccccc1NC(=O)[C@H]1CCCCN1. The summed E-state index contributed by atoms with van der Waals surface area (Å²) in [6, 6.07) is 8.07. The Morgan fingerprint density at radius 1 is 1.29 bits per heavy atom. The lowest BCUT2D eigenvalue weighted by Crippen LogP contribution is -2.43. The van der Waals surface area contributed by atoms with E-state index in [-0.39, 0.29) is 11.9 Å². The normalized spacial score (nSPS) is 18.7. The number of piperidine rings is 1. The van der Waals surface area contributed by atoms with E-state index >= 15 is 0 Å². The smallest absolute Gasteiger partial charge is 0.241 e. The van der Waals surface area contributed by atoms with Crippen LogP contribution in [0.5, 0.6) is 0 Å². The van der Waals surface area contributed by atoms with Crippen LogP contribution in [0, 0.1) is 0 Å². The van der Waals surface area contributed by atoms with E-state index in [1.807, 2.05) is 18.2 Å². The lowest BCUT2D eigenvalue weighted by atomic mass is 10.0. The zero-order valence-electron chi connectivity index (χ0n) is 13.2. The fourth-order valence-electron chi connectivity index (χ4n) is 2.76. The van der Waals surface area contributed by atoms with Crippen LogP contribution in [0.15, 0.2) is 24.3 Å². The Hall–Kier alpha value is -1.39. The molecule has 2 rings (SSSR count). The summed E-state index contributed by atoms with van der Waals surface area (Å²) in [4.78, 5) is 14.7. The third kappa shape index (κ3) is 4.55. The van der Waals surface area contributed by atoms with Crippen molar-refractivity contribution >= 4 is 11.6 Å². The van der Waals surface area contributed by atoms with Crippen LogP contribution in [0.1, 0.15) is 38.7 Å². The maximum absolute atomic E-state index is 12.4. The Bertz CT molecular complexity index is 451. The molecule has 1 fully saturated rings. The van der Waals surface area contributed by atoms with Crippen molar-refractivity contribution in [1.29, 1.82) is 0 Å². The van der Waals surface area contributed by atoms with Crippen LogP contribution >= 0.6 is 0 Å². The van der Waals surface area contributed by atoms with Gasteiger partial charge in [0.1, 0.15) is 0 Å². The van der Waals surface area contributed by atoms with Gasteiger partial charge in [-0.1, -0.05) is 38.5 Å². The Balaban J connectivity index is 2.03. The number of rotatable bonds is 6. The summed E-state index contributed by atoms with van der Waals surface area (Å²) in [6.07, 6.45) is 3.23. The molecule has 1 saturated heterocycles. The molecule has 116 valence electrons. The third-order valence-electron chi connectivity index (χ3n) is 4.19. The molecule has 1 atom stereocenters. The second kappa shape index (κ2) is 8.15. The molecule has 1 aliphatic heterocycles. The number of carbonyl (C=O) groups excluding carboxylic acids is 1. The van der Waals surface area contributed by atoms with Gasteiger partial charge in [-0.25, -0.2) is 0 Å². The molecule has 1 aliphatic rings. The van der Waals surface area contributed by atoms with Gasteiger partial charge in [-0.15, -0.1) is 0 Å². The molecule has 1 heterocycles. The van der Waals surface area contributed by atoms with Gasteiger partial charge >= 0.3 is 0 Å². The van der Waals surface area contributed by atoms with Gasteiger partial charge < -0.3 is 10.6 Å². The second-order valence-electron chi connectivity index (χ2n) is 5.61. The van der Waals surface area contributed by atoms with Crippen molar-refractivity contribution in [2.75, 3.05) is 25.0 Å². The number of anilines is 1. The van der Waals surface area contributed by atoms with Crippen molar-refractivity contribution in [1.82, 2.24) is 10.2 Å². The van der Waals surface area contributed by atoms with E-state index < -0.39 is 0 Å². The zero-order valence-corrected chi connectivity index (χ0v) is 13.2. The monoisotopic (exact) mass is 289 g/mol. The molecule has 4 heteroatoms. The van der Waals surface area contributed by atoms with Gasteiger partial charge in [0.05, 0.1) is 6.04 Å². The Kier molecular flexibility index (Phi) is 6.21. The van der Waals surface area contributed by atoms with Gasteiger partial charge in [0.25, 0.3) is 0 Å². The molecule has 0 aliphatic carbocycles. The lowest BCUT2D eigenvalue weighted by molar-refractivity contribution is -0.118. The summed E-state index contributed by atoms with van der Waals surface area (Å²) in [6.45, 7) is 8.18. The maximum atomic E-state index is 12.4.